The second-order valence-corrected chi connectivity index (χ2v) is 8.08. The number of ketones is 1. The number of hydrogen-bond acceptors (Lipinski definition) is 6. The van der Waals surface area contributed by atoms with Crippen molar-refractivity contribution in [2.24, 2.45) is 11.8 Å². The molecular formula is C21H24N2O4. The van der Waals surface area contributed by atoms with Gasteiger partial charge in [0.15, 0.2) is 0 Å². The minimum Gasteiger partial charge on any atom is -0.495 e. The number of esters is 1. The van der Waals surface area contributed by atoms with Crippen LogP contribution in [0.4, 0.5) is 5.69 Å². The molecule has 2 bridgehead atoms. The SMILES string of the molecule is COC(=O)C1=C2Nc3c(OC)cccc3[C@@]23CCN2C[C@@H](C(C)=O)[C@@H]1C[C@H]23. The van der Waals surface area contributed by atoms with Crippen molar-refractivity contribution in [3.63, 3.8) is 0 Å². The molecule has 6 nitrogen and oxygen atoms in total. The van der Waals surface area contributed by atoms with Gasteiger partial charge in [0.1, 0.15) is 11.5 Å². The molecule has 0 amide bonds. The molecule has 1 N–H and O–H groups in total. The average Bonchev–Trinajstić information content (AvgIpc) is 3.23. The van der Waals surface area contributed by atoms with E-state index in [9.17, 15) is 9.59 Å². The summed E-state index contributed by atoms with van der Waals surface area (Å²) in [4.78, 5) is 27.7. The van der Waals surface area contributed by atoms with E-state index < -0.39 is 0 Å². The monoisotopic (exact) mass is 368 g/mol. The number of carbonyl (C=O) groups excluding carboxylic acids is 2. The van der Waals surface area contributed by atoms with Gasteiger partial charge in [-0.2, -0.15) is 0 Å². The van der Waals surface area contributed by atoms with E-state index in [1.54, 1.807) is 14.0 Å². The first-order valence-corrected chi connectivity index (χ1v) is 9.55. The first kappa shape index (κ1) is 16.8. The average molecular weight is 368 g/mol. The fourth-order valence-electron chi connectivity index (χ4n) is 6.07. The summed E-state index contributed by atoms with van der Waals surface area (Å²) in [5.41, 5.74) is 3.50. The van der Waals surface area contributed by atoms with Crippen molar-refractivity contribution in [3.8, 4) is 5.75 Å². The van der Waals surface area contributed by atoms with Gasteiger partial charge in [-0.15, -0.1) is 0 Å². The van der Waals surface area contributed by atoms with Crippen LogP contribution in [0.25, 0.3) is 0 Å². The second kappa shape index (κ2) is 5.58. The Morgan fingerprint density at radius 2 is 2.11 bits per heavy atom. The van der Waals surface area contributed by atoms with Gasteiger partial charge in [0.2, 0.25) is 0 Å². The summed E-state index contributed by atoms with van der Waals surface area (Å²) in [6.45, 7) is 3.29. The van der Waals surface area contributed by atoms with E-state index >= 15 is 0 Å². The van der Waals surface area contributed by atoms with Crippen LogP contribution in [0.15, 0.2) is 29.5 Å². The van der Waals surface area contributed by atoms with Crippen LogP contribution in [0.5, 0.6) is 5.75 Å². The summed E-state index contributed by atoms with van der Waals surface area (Å²) in [6, 6.07) is 6.40. The quantitative estimate of drug-likeness (QED) is 0.824. The van der Waals surface area contributed by atoms with Crippen molar-refractivity contribution in [2.75, 3.05) is 32.6 Å². The first-order chi connectivity index (χ1) is 13.0. The van der Waals surface area contributed by atoms with Gasteiger partial charge in [-0.1, -0.05) is 12.1 Å². The van der Waals surface area contributed by atoms with E-state index in [2.05, 4.69) is 16.3 Å². The molecule has 1 aromatic rings. The van der Waals surface area contributed by atoms with Crippen molar-refractivity contribution >= 4 is 17.4 Å². The van der Waals surface area contributed by atoms with Gasteiger partial charge < -0.3 is 14.8 Å². The Kier molecular flexibility index (Phi) is 3.47. The number of ether oxygens (including phenoxy) is 2. The van der Waals surface area contributed by atoms with Crippen molar-refractivity contribution < 1.29 is 19.1 Å². The molecule has 0 unspecified atom stereocenters. The molecule has 2 saturated heterocycles. The third-order valence-corrected chi connectivity index (χ3v) is 7.19. The van der Waals surface area contributed by atoms with Crippen molar-refractivity contribution in [2.45, 2.75) is 31.2 Å². The van der Waals surface area contributed by atoms with Crippen LogP contribution < -0.4 is 10.1 Å². The third-order valence-electron chi connectivity index (χ3n) is 7.19. The standard InChI is InChI=1S/C21H24N2O4/c1-11(24)13-10-23-8-7-21-14-5-4-6-15(26-2)18(14)22-19(21)17(20(25)27-3)12(13)9-16(21)23/h4-6,12-13,16,22H,7-10H2,1-3H3/t12-,13-,16-,21+/m0/s1. The summed E-state index contributed by atoms with van der Waals surface area (Å²) < 4.78 is 10.8. The molecule has 1 spiro atoms. The lowest BCUT2D eigenvalue weighted by atomic mass is 9.60. The number of hydrogen-bond donors (Lipinski definition) is 1. The Morgan fingerprint density at radius 3 is 2.81 bits per heavy atom. The lowest BCUT2D eigenvalue weighted by Gasteiger charge is -2.50. The molecular weight excluding hydrogens is 344 g/mol. The molecule has 3 aliphatic heterocycles. The van der Waals surface area contributed by atoms with Gasteiger partial charge in [-0.3, -0.25) is 9.69 Å². The number of methoxy groups -OCH3 is 2. The molecule has 0 aromatic heterocycles. The summed E-state index contributed by atoms with van der Waals surface area (Å²) in [5, 5.41) is 3.54. The van der Waals surface area contributed by atoms with Gasteiger partial charge in [0.05, 0.1) is 30.9 Å². The van der Waals surface area contributed by atoms with Crippen LogP contribution >= 0.6 is 0 Å². The number of benzene rings is 1. The van der Waals surface area contributed by atoms with Crippen LogP contribution in [0, 0.1) is 11.8 Å². The zero-order chi connectivity index (χ0) is 18.9. The molecule has 142 valence electrons. The number of anilines is 1. The van der Waals surface area contributed by atoms with Gasteiger partial charge in [0.25, 0.3) is 0 Å². The molecule has 0 saturated carbocycles. The third kappa shape index (κ3) is 1.94. The molecule has 0 radical (unpaired) electrons. The number of Topliss-reactive ketones (excluding diaryl/α,β-unsaturated/α-hetero) is 1. The minimum absolute atomic E-state index is 0.0924. The van der Waals surface area contributed by atoms with Crippen molar-refractivity contribution in [1.29, 1.82) is 0 Å². The van der Waals surface area contributed by atoms with Gasteiger partial charge in [-0.05, 0) is 37.9 Å². The Bertz CT molecular complexity index is 892. The molecule has 5 rings (SSSR count). The molecule has 1 aromatic carbocycles. The fourth-order valence-corrected chi connectivity index (χ4v) is 6.07. The topological polar surface area (TPSA) is 67.9 Å². The molecule has 2 fully saturated rings. The highest BCUT2D eigenvalue weighted by Gasteiger charge is 2.63. The number of nitrogens with one attached hydrogen (secondary N) is 1. The summed E-state index contributed by atoms with van der Waals surface area (Å²) in [5.74, 6) is 0.354. The Hall–Kier alpha value is -2.34. The minimum atomic E-state index is -0.321. The summed E-state index contributed by atoms with van der Waals surface area (Å²) in [7, 11) is 3.08. The highest BCUT2D eigenvalue weighted by atomic mass is 16.5. The first-order valence-electron chi connectivity index (χ1n) is 9.55. The summed E-state index contributed by atoms with van der Waals surface area (Å²) >= 11 is 0. The van der Waals surface area contributed by atoms with E-state index in [0.29, 0.717) is 11.6 Å². The predicted molar refractivity (Wildman–Crippen MR) is 99.6 cm³/mol. The number of rotatable bonds is 3. The smallest absolute Gasteiger partial charge is 0.335 e. The maximum Gasteiger partial charge on any atom is 0.335 e. The molecule has 1 aliphatic carbocycles. The van der Waals surface area contributed by atoms with Crippen molar-refractivity contribution in [3.05, 3.63) is 35.0 Å². The maximum atomic E-state index is 12.9. The normalized spacial score (nSPS) is 33.2. The van der Waals surface area contributed by atoms with Crippen LogP contribution in [0.2, 0.25) is 0 Å². The van der Waals surface area contributed by atoms with E-state index in [4.69, 9.17) is 9.47 Å². The van der Waals surface area contributed by atoms with E-state index in [-0.39, 0.29) is 29.0 Å². The number of para-hydroxylation sites is 1. The zero-order valence-corrected chi connectivity index (χ0v) is 15.9. The van der Waals surface area contributed by atoms with E-state index in [0.717, 1.165) is 43.1 Å². The highest BCUT2D eigenvalue weighted by molar-refractivity contribution is 5.95. The molecule has 27 heavy (non-hydrogen) atoms. The number of piperidine rings is 1. The van der Waals surface area contributed by atoms with Crippen LogP contribution in [0.1, 0.15) is 25.3 Å². The van der Waals surface area contributed by atoms with Gasteiger partial charge in [-0.25, -0.2) is 4.79 Å². The van der Waals surface area contributed by atoms with Gasteiger partial charge >= 0.3 is 5.97 Å². The van der Waals surface area contributed by atoms with Crippen LogP contribution in [-0.4, -0.2) is 50.0 Å². The molecule has 3 heterocycles. The molecule has 6 heteroatoms. The second-order valence-electron chi connectivity index (χ2n) is 8.08. The number of carbonyl (C=O) groups is 2. The Labute approximate surface area is 158 Å². The van der Waals surface area contributed by atoms with Crippen molar-refractivity contribution in [1.82, 2.24) is 4.90 Å². The maximum absolute atomic E-state index is 12.9. The van der Waals surface area contributed by atoms with E-state index in [1.165, 1.54) is 12.7 Å². The molecule has 4 aliphatic rings. The largest absolute Gasteiger partial charge is 0.495 e. The zero-order valence-electron chi connectivity index (χ0n) is 15.9. The van der Waals surface area contributed by atoms with Gasteiger partial charge in [0, 0.05) is 30.1 Å². The summed E-state index contributed by atoms with van der Waals surface area (Å²) in [6.07, 6.45) is 1.74. The highest BCUT2D eigenvalue weighted by Crippen LogP contribution is 2.62. The Balaban J connectivity index is 1.80. The lowest BCUT2D eigenvalue weighted by Crippen LogP contribution is -2.56. The Morgan fingerprint density at radius 1 is 1.30 bits per heavy atom. The van der Waals surface area contributed by atoms with Crippen LogP contribution in [0.3, 0.4) is 0 Å². The number of nitrogens with zero attached hydrogens (tertiary/aromatic N) is 1. The van der Waals surface area contributed by atoms with E-state index in [1.807, 2.05) is 12.1 Å². The number of fused-ring (bicyclic) bond motifs is 2. The molecule has 4 atom stereocenters. The predicted octanol–water partition coefficient (Wildman–Crippen LogP) is 2.10. The fraction of sp³-hybridized carbons (Fsp3) is 0.524. The lowest BCUT2D eigenvalue weighted by molar-refractivity contribution is -0.138. The van der Waals surface area contributed by atoms with Crippen LogP contribution in [-0.2, 0) is 19.7 Å².